The highest BCUT2D eigenvalue weighted by Gasteiger charge is 2.16. The van der Waals surface area contributed by atoms with Crippen molar-refractivity contribution in [2.45, 2.75) is 25.8 Å². The summed E-state index contributed by atoms with van der Waals surface area (Å²) in [5, 5.41) is 4.39. The zero-order chi connectivity index (χ0) is 15.2. The average Bonchev–Trinajstić information content (AvgIpc) is 2.83. The molecule has 1 N–H and O–H groups in total. The van der Waals surface area contributed by atoms with Gasteiger partial charge >= 0.3 is 0 Å². The average molecular weight is 389 g/mol. The standard InChI is InChI=1S/C16H19BrClNOS/c1-3-8-19-14(15-10-13(18)16(17)21-15)9-11-4-6-12(20-2)7-5-11/h4-7,10,14,19H,3,8-9H2,1-2H3. The zero-order valence-corrected chi connectivity index (χ0v) is 15.3. The minimum Gasteiger partial charge on any atom is -0.497 e. The third kappa shape index (κ3) is 4.71. The normalized spacial score (nSPS) is 12.4. The third-order valence-corrected chi connectivity index (χ3v) is 5.84. The van der Waals surface area contributed by atoms with Crippen LogP contribution in [-0.2, 0) is 6.42 Å². The lowest BCUT2D eigenvalue weighted by atomic mass is 10.0. The van der Waals surface area contributed by atoms with Gasteiger partial charge in [0, 0.05) is 10.9 Å². The van der Waals surface area contributed by atoms with Gasteiger partial charge in [0.15, 0.2) is 0 Å². The summed E-state index contributed by atoms with van der Waals surface area (Å²) in [4.78, 5) is 1.26. The Morgan fingerprint density at radius 1 is 1.33 bits per heavy atom. The van der Waals surface area contributed by atoms with Crippen LogP contribution in [0.25, 0.3) is 0 Å². The molecular weight excluding hydrogens is 370 g/mol. The molecule has 5 heteroatoms. The molecule has 1 aromatic carbocycles. The Labute approximate surface area is 143 Å². The minimum atomic E-state index is 0.284. The molecule has 0 aliphatic carbocycles. The van der Waals surface area contributed by atoms with E-state index in [0.29, 0.717) is 0 Å². The first-order chi connectivity index (χ1) is 10.1. The molecule has 1 atom stereocenters. The van der Waals surface area contributed by atoms with Gasteiger partial charge in [-0.25, -0.2) is 0 Å². The predicted molar refractivity (Wildman–Crippen MR) is 94.8 cm³/mol. The fourth-order valence-corrected chi connectivity index (χ4v) is 3.95. The molecule has 2 aromatic rings. The highest BCUT2D eigenvalue weighted by molar-refractivity contribution is 9.11. The molecule has 0 radical (unpaired) electrons. The van der Waals surface area contributed by atoms with E-state index in [0.717, 1.165) is 33.9 Å². The Bertz CT molecular complexity index is 551. The summed E-state index contributed by atoms with van der Waals surface area (Å²) in [5.74, 6) is 0.888. The lowest BCUT2D eigenvalue weighted by molar-refractivity contribution is 0.414. The summed E-state index contributed by atoms with van der Waals surface area (Å²) in [6, 6.07) is 10.6. The minimum absolute atomic E-state index is 0.284. The van der Waals surface area contributed by atoms with E-state index in [4.69, 9.17) is 16.3 Å². The van der Waals surface area contributed by atoms with Crippen LogP contribution in [0.4, 0.5) is 0 Å². The second-order valence-corrected chi connectivity index (χ2v) is 7.64. The van der Waals surface area contributed by atoms with Gasteiger partial charge < -0.3 is 10.1 Å². The first kappa shape index (κ1) is 16.8. The number of benzene rings is 1. The molecular formula is C16H19BrClNOS. The molecule has 1 heterocycles. The molecule has 0 spiro atoms. The number of thiophene rings is 1. The first-order valence-corrected chi connectivity index (χ1v) is 8.93. The van der Waals surface area contributed by atoms with Crippen LogP contribution in [0.2, 0.25) is 5.02 Å². The molecule has 2 rings (SSSR count). The molecule has 2 nitrogen and oxygen atoms in total. The lowest BCUT2D eigenvalue weighted by Gasteiger charge is -2.17. The van der Waals surface area contributed by atoms with Gasteiger partial charge in [0.1, 0.15) is 5.75 Å². The number of hydrogen-bond acceptors (Lipinski definition) is 3. The van der Waals surface area contributed by atoms with Gasteiger partial charge in [-0.2, -0.15) is 0 Å². The van der Waals surface area contributed by atoms with Crippen molar-refractivity contribution in [3.05, 3.63) is 49.6 Å². The summed E-state index contributed by atoms with van der Waals surface area (Å²) < 4.78 is 6.20. The van der Waals surface area contributed by atoms with E-state index in [1.54, 1.807) is 18.4 Å². The Balaban J connectivity index is 2.15. The van der Waals surface area contributed by atoms with Crippen molar-refractivity contribution in [3.63, 3.8) is 0 Å². The molecule has 0 fully saturated rings. The van der Waals surface area contributed by atoms with Gasteiger partial charge in [0.05, 0.1) is 15.9 Å². The van der Waals surface area contributed by atoms with Crippen molar-refractivity contribution in [1.82, 2.24) is 5.32 Å². The van der Waals surface area contributed by atoms with E-state index >= 15 is 0 Å². The Hall–Kier alpha value is -0.550. The molecule has 0 amide bonds. The van der Waals surface area contributed by atoms with Gasteiger partial charge in [-0.3, -0.25) is 0 Å². The maximum Gasteiger partial charge on any atom is 0.118 e. The SMILES string of the molecule is CCCNC(Cc1ccc(OC)cc1)c1cc(Cl)c(Br)s1. The van der Waals surface area contributed by atoms with E-state index in [-0.39, 0.29) is 6.04 Å². The maximum absolute atomic E-state index is 6.17. The van der Waals surface area contributed by atoms with Crippen molar-refractivity contribution >= 4 is 38.9 Å². The first-order valence-electron chi connectivity index (χ1n) is 6.95. The van der Waals surface area contributed by atoms with Gasteiger partial charge in [0.25, 0.3) is 0 Å². The highest BCUT2D eigenvalue weighted by atomic mass is 79.9. The summed E-state index contributed by atoms with van der Waals surface area (Å²) in [7, 11) is 1.69. The number of rotatable bonds is 7. The van der Waals surface area contributed by atoms with Crippen molar-refractivity contribution < 1.29 is 4.74 Å². The van der Waals surface area contributed by atoms with Crippen LogP contribution in [-0.4, -0.2) is 13.7 Å². The second-order valence-electron chi connectivity index (χ2n) is 4.83. The van der Waals surface area contributed by atoms with E-state index in [1.807, 2.05) is 18.2 Å². The van der Waals surface area contributed by atoms with Crippen molar-refractivity contribution in [1.29, 1.82) is 0 Å². The fourth-order valence-electron chi connectivity index (χ4n) is 2.12. The Kier molecular flexibility index (Phi) is 6.55. The smallest absolute Gasteiger partial charge is 0.118 e. The van der Waals surface area contributed by atoms with Crippen LogP contribution in [0.15, 0.2) is 34.1 Å². The summed E-state index contributed by atoms with van der Waals surface area (Å²) in [6.07, 6.45) is 2.05. The number of ether oxygens (including phenoxy) is 1. The number of nitrogens with one attached hydrogen (secondary N) is 1. The largest absolute Gasteiger partial charge is 0.497 e. The number of hydrogen-bond donors (Lipinski definition) is 1. The number of halogens is 2. The van der Waals surface area contributed by atoms with E-state index in [2.05, 4.69) is 40.3 Å². The quantitative estimate of drug-likeness (QED) is 0.680. The summed E-state index contributed by atoms with van der Waals surface area (Å²) in [5.41, 5.74) is 1.28. The second kappa shape index (κ2) is 8.18. The Morgan fingerprint density at radius 3 is 2.57 bits per heavy atom. The lowest BCUT2D eigenvalue weighted by Crippen LogP contribution is -2.23. The molecule has 114 valence electrons. The number of methoxy groups -OCH3 is 1. The van der Waals surface area contributed by atoms with Crippen molar-refractivity contribution in [3.8, 4) is 5.75 Å². The van der Waals surface area contributed by atoms with Gasteiger partial charge in [-0.05, 0) is 59.1 Å². The fraction of sp³-hybridized carbons (Fsp3) is 0.375. The van der Waals surface area contributed by atoms with Gasteiger partial charge in [0.2, 0.25) is 0 Å². The van der Waals surface area contributed by atoms with Crippen LogP contribution in [0.5, 0.6) is 5.75 Å². The molecule has 0 saturated carbocycles. The molecule has 21 heavy (non-hydrogen) atoms. The van der Waals surface area contributed by atoms with Gasteiger partial charge in [-0.1, -0.05) is 30.7 Å². The van der Waals surface area contributed by atoms with Crippen LogP contribution in [0.1, 0.15) is 29.8 Å². The van der Waals surface area contributed by atoms with Crippen molar-refractivity contribution in [2.24, 2.45) is 0 Å². The van der Waals surface area contributed by atoms with Crippen LogP contribution in [0.3, 0.4) is 0 Å². The van der Waals surface area contributed by atoms with E-state index in [1.165, 1.54) is 10.4 Å². The summed E-state index contributed by atoms with van der Waals surface area (Å²) in [6.45, 7) is 3.17. The highest BCUT2D eigenvalue weighted by Crippen LogP contribution is 2.36. The van der Waals surface area contributed by atoms with Crippen LogP contribution >= 0.6 is 38.9 Å². The van der Waals surface area contributed by atoms with Gasteiger partial charge in [-0.15, -0.1) is 11.3 Å². The molecule has 1 aromatic heterocycles. The van der Waals surface area contributed by atoms with Crippen LogP contribution in [0, 0.1) is 0 Å². The zero-order valence-electron chi connectivity index (χ0n) is 12.2. The topological polar surface area (TPSA) is 21.3 Å². The van der Waals surface area contributed by atoms with Crippen molar-refractivity contribution in [2.75, 3.05) is 13.7 Å². The monoisotopic (exact) mass is 387 g/mol. The molecule has 0 saturated heterocycles. The maximum atomic E-state index is 6.17. The van der Waals surface area contributed by atoms with E-state index in [9.17, 15) is 0 Å². The summed E-state index contributed by atoms with van der Waals surface area (Å²) >= 11 is 11.4. The third-order valence-electron chi connectivity index (χ3n) is 3.25. The van der Waals surface area contributed by atoms with Crippen LogP contribution < -0.4 is 10.1 Å². The molecule has 0 aliphatic rings. The van der Waals surface area contributed by atoms with E-state index < -0.39 is 0 Å². The molecule has 1 unspecified atom stereocenters. The predicted octanol–water partition coefficient (Wildman–Crippen LogP) is 5.46. The molecule has 0 aliphatic heterocycles. The molecule has 0 bridgehead atoms. The Morgan fingerprint density at radius 2 is 2.05 bits per heavy atom.